The normalized spacial score (nSPS) is 12.6. The van der Waals surface area contributed by atoms with E-state index in [2.05, 4.69) is 9.97 Å². The summed E-state index contributed by atoms with van der Waals surface area (Å²) in [7, 11) is 0. The van der Waals surface area contributed by atoms with Crippen LogP contribution in [0.5, 0.6) is 0 Å². The van der Waals surface area contributed by atoms with Crippen molar-refractivity contribution in [1.82, 2.24) is 9.97 Å². The standard InChI is InChI=1S/C13H15N3O/c1-8(7-12(14)17)13-9(2)15-10-5-3-4-6-11(10)16-13/h3-6,8H,7H2,1-2H3,(H2,14,17). The number of aryl methyl sites for hydroxylation is 1. The number of nitrogens with two attached hydrogens (primary N) is 1. The molecule has 0 spiro atoms. The molecule has 0 aliphatic rings. The van der Waals surface area contributed by atoms with E-state index in [-0.39, 0.29) is 11.8 Å². The first kappa shape index (κ1) is 11.5. The SMILES string of the molecule is Cc1nc2ccccc2nc1C(C)CC(N)=O. The number of benzene rings is 1. The molecule has 1 aromatic heterocycles. The highest BCUT2D eigenvalue weighted by Gasteiger charge is 2.14. The highest BCUT2D eigenvalue weighted by molar-refractivity contribution is 5.76. The minimum Gasteiger partial charge on any atom is -0.370 e. The van der Waals surface area contributed by atoms with Crippen LogP contribution in [0.1, 0.15) is 30.7 Å². The maximum atomic E-state index is 10.9. The summed E-state index contributed by atoms with van der Waals surface area (Å²) in [6.45, 7) is 3.85. The molecule has 88 valence electrons. The van der Waals surface area contributed by atoms with E-state index < -0.39 is 0 Å². The van der Waals surface area contributed by atoms with Crippen LogP contribution in [0.25, 0.3) is 11.0 Å². The number of rotatable bonds is 3. The molecule has 2 aromatic rings. The zero-order valence-electron chi connectivity index (χ0n) is 9.97. The van der Waals surface area contributed by atoms with Gasteiger partial charge >= 0.3 is 0 Å². The molecule has 0 saturated carbocycles. The fraction of sp³-hybridized carbons (Fsp3) is 0.308. The van der Waals surface area contributed by atoms with E-state index in [9.17, 15) is 4.79 Å². The summed E-state index contributed by atoms with van der Waals surface area (Å²) >= 11 is 0. The van der Waals surface area contributed by atoms with E-state index in [0.717, 1.165) is 22.4 Å². The fourth-order valence-electron chi connectivity index (χ4n) is 1.97. The van der Waals surface area contributed by atoms with Gasteiger partial charge in [-0.25, -0.2) is 9.97 Å². The van der Waals surface area contributed by atoms with Crippen molar-refractivity contribution in [1.29, 1.82) is 0 Å². The summed E-state index contributed by atoms with van der Waals surface area (Å²) in [5, 5.41) is 0. The molecule has 4 nitrogen and oxygen atoms in total. The molecule has 0 saturated heterocycles. The van der Waals surface area contributed by atoms with Crippen molar-refractivity contribution in [3.8, 4) is 0 Å². The molecule has 17 heavy (non-hydrogen) atoms. The Kier molecular flexibility index (Phi) is 3.04. The lowest BCUT2D eigenvalue weighted by atomic mass is 10.0. The summed E-state index contributed by atoms with van der Waals surface area (Å²) in [5.41, 5.74) is 8.64. The second-order valence-electron chi connectivity index (χ2n) is 4.25. The summed E-state index contributed by atoms with van der Waals surface area (Å²) in [4.78, 5) is 20.0. The van der Waals surface area contributed by atoms with E-state index in [0.29, 0.717) is 6.42 Å². The number of nitrogens with zero attached hydrogens (tertiary/aromatic N) is 2. The van der Waals surface area contributed by atoms with E-state index in [1.165, 1.54) is 0 Å². The molecular formula is C13H15N3O. The third-order valence-electron chi connectivity index (χ3n) is 2.76. The van der Waals surface area contributed by atoms with E-state index in [1.54, 1.807) is 0 Å². The van der Waals surface area contributed by atoms with E-state index >= 15 is 0 Å². The van der Waals surface area contributed by atoms with E-state index in [4.69, 9.17) is 5.73 Å². The van der Waals surface area contributed by atoms with Crippen molar-refractivity contribution in [2.75, 3.05) is 0 Å². The predicted molar refractivity (Wildman–Crippen MR) is 66.5 cm³/mol. The smallest absolute Gasteiger partial charge is 0.218 e. The van der Waals surface area contributed by atoms with Gasteiger partial charge in [0.1, 0.15) is 0 Å². The minimum atomic E-state index is -0.313. The maximum Gasteiger partial charge on any atom is 0.218 e. The highest BCUT2D eigenvalue weighted by Crippen LogP contribution is 2.21. The Morgan fingerprint density at radius 2 is 1.88 bits per heavy atom. The lowest BCUT2D eigenvalue weighted by Gasteiger charge is -2.12. The molecule has 2 rings (SSSR count). The number of hydrogen-bond acceptors (Lipinski definition) is 3. The van der Waals surface area contributed by atoms with Gasteiger partial charge in [-0.1, -0.05) is 19.1 Å². The average Bonchev–Trinajstić information content (AvgIpc) is 2.27. The Bertz CT molecular complexity index is 566. The van der Waals surface area contributed by atoms with Crippen molar-refractivity contribution in [2.45, 2.75) is 26.2 Å². The monoisotopic (exact) mass is 229 g/mol. The van der Waals surface area contributed by atoms with Gasteiger partial charge in [-0.15, -0.1) is 0 Å². The molecule has 0 aliphatic carbocycles. The largest absolute Gasteiger partial charge is 0.370 e. The van der Waals surface area contributed by atoms with Crippen LogP contribution in [0.3, 0.4) is 0 Å². The number of carbonyl (C=O) groups is 1. The third-order valence-corrected chi connectivity index (χ3v) is 2.76. The Hall–Kier alpha value is -1.97. The predicted octanol–water partition coefficient (Wildman–Crippen LogP) is 1.92. The Balaban J connectivity index is 2.46. The number of aromatic nitrogens is 2. The van der Waals surface area contributed by atoms with Crippen LogP contribution in [0, 0.1) is 6.92 Å². The zero-order valence-corrected chi connectivity index (χ0v) is 9.97. The lowest BCUT2D eigenvalue weighted by Crippen LogP contribution is -2.15. The van der Waals surface area contributed by atoms with Crippen molar-refractivity contribution < 1.29 is 4.79 Å². The number of primary amides is 1. The van der Waals surface area contributed by atoms with Gasteiger partial charge in [0.25, 0.3) is 0 Å². The summed E-state index contributed by atoms with van der Waals surface area (Å²) in [6, 6.07) is 7.71. The van der Waals surface area contributed by atoms with E-state index in [1.807, 2.05) is 38.1 Å². The Labute approximate surface area is 99.9 Å². The first-order valence-electron chi connectivity index (χ1n) is 5.59. The first-order chi connectivity index (χ1) is 8.08. The second-order valence-corrected chi connectivity index (χ2v) is 4.25. The first-order valence-corrected chi connectivity index (χ1v) is 5.59. The van der Waals surface area contributed by atoms with Crippen LogP contribution in [0.4, 0.5) is 0 Å². The van der Waals surface area contributed by atoms with Gasteiger partial charge in [0.05, 0.1) is 22.4 Å². The van der Waals surface area contributed by atoms with Crippen LogP contribution in [-0.4, -0.2) is 15.9 Å². The fourth-order valence-corrected chi connectivity index (χ4v) is 1.97. The Morgan fingerprint density at radius 3 is 2.47 bits per heavy atom. The van der Waals surface area contributed by atoms with Gasteiger partial charge < -0.3 is 5.73 Å². The topological polar surface area (TPSA) is 68.9 Å². The Morgan fingerprint density at radius 1 is 1.29 bits per heavy atom. The van der Waals surface area contributed by atoms with Crippen molar-refractivity contribution in [3.63, 3.8) is 0 Å². The molecule has 1 atom stereocenters. The van der Waals surface area contributed by atoms with Crippen molar-refractivity contribution in [3.05, 3.63) is 35.7 Å². The molecule has 1 amide bonds. The molecule has 1 heterocycles. The van der Waals surface area contributed by atoms with Crippen LogP contribution in [0.15, 0.2) is 24.3 Å². The summed E-state index contributed by atoms with van der Waals surface area (Å²) in [5.74, 6) is -0.309. The number of para-hydroxylation sites is 2. The summed E-state index contributed by atoms with van der Waals surface area (Å²) in [6.07, 6.45) is 0.299. The number of carbonyl (C=O) groups excluding carboxylic acids is 1. The molecule has 2 N–H and O–H groups in total. The minimum absolute atomic E-state index is 0.00426. The van der Waals surface area contributed by atoms with Crippen molar-refractivity contribution >= 4 is 16.9 Å². The molecule has 0 fully saturated rings. The highest BCUT2D eigenvalue weighted by atomic mass is 16.1. The number of fused-ring (bicyclic) bond motifs is 1. The average molecular weight is 229 g/mol. The molecule has 1 aromatic carbocycles. The van der Waals surface area contributed by atoms with Gasteiger partial charge in [0.2, 0.25) is 5.91 Å². The van der Waals surface area contributed by atoms with Gasteiger partial charge in [-0.3, -0.25) is 4.79 Å². The molecule has 4 heteroatoms. The quantitative estimate of drug-likeness (QED) is 0.874. The zero-order chi connectivity index (χ0) is 12.4. The summed E-state index contributed by atoms with van der Waals surface area (Å²) < 4.78 is 0. The van der Waals surface area contributed by atoms with Crippen LogP contribution >= 0.6 is 0 Å². The number of amides is 1. The molecular weight excluding hydrogens is 214 g/mol. The second kappa shape index (κ2) is 4.49. The van der Waals surface area contributed by atoms with Crippen LogP contribution in [-0.2, 0) is 4.79 Å². The molecule has 0 bridgehead atoms. The van der Waals surface area contributed by atoms with Gasteiger partial charge in [-0.2, -0.15) is 0 Å². The number of hydrogen-bond donors (Lipinski definition) is 1. The van der Waals surface area contributed by atoms with Crippen LogP contribution < -0.4 is 5.73 Å². The maximum absolute atomic E-state index is 10.9. The molecule has 1 unspecified atom stereocenters. The lowest BCUT2D eigenvalue weighted by molar-refractivity contribution is -0.118. The molecule has 0 radical (unpaired) electrons. The van der Waals surface area contributed by atoms with Crippen LogP contribution in [0.2, 0.25) is 0 Å². The van der Waals surface area contributed by atoms with Gasteiger partial charge in [-0.05, 0) is 19.1 Å². The van der Waals surface area contributed by atoms with Gasteiger partial charge in [0, 0.05) is 12.3 Å². The van der Waals surface area contributed by atoms with Crippen molar-refractivity contribution in [2.24, 2.45) is 5.73 Å². The molecule has 0 aliphatic heterocycles. The third kappa shape index (κ3) is 2.41. The van der Waals surface area contributed by atoms with Gasteiger partial charge in [0.15, 0.2) is 0 Å².